The summed E-state index contributed by atoms with van der Waals surface area (Å²) in [6, 6.07) is -0.374. The molecule has 2 rings (SSSR count). The second-order valence-corrected chi connectivity index (χ2v) is 7.84. The van der Waals surface area contributed by atoms with Crippen molar-refractivity contribution in [2.24, 2.45) is 0 Å². The second-order valence-electron chi connectivity index (χ2n) is 4.83. The summed E-state index contributed by atoms with van der Waals surface area (Å²) in [4.78, 5) is 25.2. The van der Waals surface area contributed by atoms with Crippen LogP contribution in [-0.2, 0) is 21.2 Å². The van der Waals surface area contributed by atoms with E-state index >= 15 is 0 Å². The fourth-order valence-electron chi connectivity index (χ4n) is 2.08. The van der Waals surface area contributed by atoms with E-state index in [-0.39, 0.29) is 34.1 Å². The van der Waals surface area contributed by atoms with Gasteiger partial charge in [0.05, 0.1) is 22.7 Å². The molecule has 1 fully saturated rings. The first-order valence-electron chi connectivity index (χ1n) is 6.08. The standard InChI is InChI=1S/C11H13Cl2N3O4S/c1-15(7-2-3-21(19,20)6-7)9(17)5-16-11(18)10(13)8(12)4-14-16/h4,7H,2-3,5-6H2,1H3/t7-/m0/s1. The average Bonchev–Trinajstić information content (AvgIpc) is 2.78. The first-order chi connectivity index (χ1) is 9.71. The molecule has 21 heavy (non-hydrogen) atoms. The van der Waals surface area contributed by atoms with Gasteiger partial charge in [0.1, 0.15) is 11.6 Å². The summed E-state index contributed by atoms with van der Waals surface area (Å²) in [6.45, 7) is -0.317. The molecule has 1 aromatic rings. The van der Waals surface area contributed by atoms with Gasteiger partial charge in [-0.15, -0.1) is 0 Å². The molecule has 10 heteroatoms. The van der Waals surface area contributed by atoms with E-state index in [4.69, 9.17) is 23.2 Å². The van der Waals surface area contributed by atoms with Crippen LogP contribution in [0.5, 0.6) is 0 Å². The van der Waals surface area contributed by atoms with E-state index in [0.717, 1.165) is 4.68 Å². The number of rotatable bonds is 3. The maximum Gasteiger partial charge on any atom is 0.287 e. The molecule has 0 aromatic carbocycles. The number of hydrogen-bond acceptors (Lipinski definition) is 5. The van der Waals surface area contributed by atoms with E-state index in [1.54, 1.807) is 0 Å². The number of aromatic nitrogens is 2. The Labute approximate surface area is 131 Å². The third kappa shape index (κ3) is 3.56. The largest absolute Gasteiger partial charge is 0.340 e. The highest BCUT2D eigenvalue weighted by Gasteiger charge is 2.32. The predicted octanol–water partition coefficient (Wildman–Crippen LogP) is 0.196. The van der Waals surface area contributed by atoms with Gasteiger partial charge in [-0.2, -0.15) is 5.10 Å². The van der Waals surface area contributed by atoms with Crippen molar-refractivity contribution in [3.8, 4) is 0 Å². The number of carbonyl (C=O) groups excluding carboxylic acids is 1. The minimum absolute atomic E-state index is 0.0145. The Kier molecular flexibility index (Phi) is 4.60. The third-order valence-electron chi connectivity index (χ3n) is 3.38. The van der Waals surface area contributed by atoms with Gasteiger partial charge in [0.15, 0.2) is 9.84 Å². The average molecular weight is 354 g/mol. The first-order valence-corrected chi connectivity index (χ1v) is 8.66. The van der Waals surface area contributed by atoms with Crippen molar-refractivity contribution in [1.82, 2.24) is 14.7 Å². The van der Waals surface area contributed by atoms with Gasteiger partial charge in [-0.1, -0.05) is 23.2 Å². The summed E-state index contributed by atoms with van der Waals surface area (Å²) in [7, 11) is -1.57. The molecule has 116 valence electrons. The number of sulfone groups is 1. The molecule has 1 aromatic heterocycles. The van der Waals surface area contributed by atoms with E-state index in [0.29, 0.717) is 6.42 Å². The third-order valence-corrected chi connectivity index (χ3v) is 5.88. The molecule has 1 saturated heterocycles. The van der Waals surface area contributed by atoms with Crippen LogP contribution in [0.4, 0.5) is 0 Å². The van der Waals surface area contributed by atoms with Crippen molar-refractivity contribution in [2.75, 3.05) is 18.6 Å². The lowest BCUT2D eigenvalue weighted by atomic mass is 10.2. The SMILES string of the molecule is CN(C(=O)Cn1ncc(Cl)c(Cl)c1=O)[C@H]1CCS(=O)(=O)C1. The Morgan fingerprint density at radius 2 is 2.19 bits per heavy atom. The molecule has 1 amide bonds. The maximum absolute atomic E-state index is 12.1. The topological polar surface area (TPSA) is 89.3 Å². The summed E-state index contributed by atoms with van der Waals surface area (Å²) >= 11 is 11.4. The van der Waals surface area contributed by atoms with E-state index in [2.05, 4.69) is 5.10 Å². The van der Waals surface area contributed by atoms with Crippen molar-refractivity contribution < 1.29 is 13.2 Å². The van der Waals surface area contributed by atoms with Crippen LogP contribution in [0, 0.1) is 0 Å². The summed E-state index contributed by atoms with van der Waals surface area (Å²) in [6.07, 6.45) is 1.58. The predicted molar refractivity (Wildman–Crippen MR) is 78.3 cm³/mol. The first kappa shape index (κ1) is 16.3. The Morgan fingerprint density at radius 3 is 2.76 bits per heavy atom. The van der Waals surface area contributed by atoms with Gasteiger partial charge in [-0.3, -0.25) is 9.59 Å². The minimum Gasteiger partial charge on any atom is -0.340 e. The van der Waals surface area contributed by atoms with Gasteiger partial charge in [0.2, 0.25) is 5.91 Å². The number of hydrogen-bond donors (Lipinski definition) is 0. The van der Waals surface area contributed by atoms with Gasteiger partial charge in [0.25, 0.3) is 5.56 Å². The highest BCUT2D eigenvalue weighted by atomic mass is 35.5. The van der Waals surface area contributed by atoms with Gasteiger partial charge in [-0.25, -0.2) is 13.1 Å². The Balaban J connectivity index is 2.12. The highest BCUT2D eigenvalue weighted by Crippen LogP contribution is 2.17. The molecule has 0 N–H and O–H groups in total. The lowest BCUT2D eigenvalue weighted by molar-refractivity contribution is -0.132. The van der Waals surface area contributed by atoms with Crippen molar-refractivity contribution in [2.45, 2.75) is 19.0 Å². The van der Waals surface area contributed by atoms with Crippen LogP contribution >= 0.6 is 23.2 Å². The normalized spacial score (nSPS) is 20.4. The van der Waals surface area contributed by atoms with Crippen LogP contribution in [0.15, 0.2) is 11.0 Å². The van der Waals surface area contributed by atoms with Crippen LogP contribution in [-0.4, -0.2) is 53.6 Å². The van der Waals surface area contributed by atoms with Crippen LogP contribution < -0.4 is 5.56 Å². The molecule has 0 saturated carbocycles. The van der Waals surface area contributed by atoms with E-state index < -0.39 is 21.3 Å². The smallest absolute Gasteiger partial charge is 0.287 e. The molecule has 1 atom stereocenters. The van der Waals surface area contributed by atoms with Crippen LogP contribution in [0.1, 0.15) is 6.42 Å². The van der Waals surface area contributed by atoms with Crippen molar-refractivity contribution in [1.29, 1.82) is 0 Å². The van der Waals surface area contributed by atoms with Gasteiger partial charge in [0, 0.05) is 13.1 Å². The van der Waals surface area contributed by atoms with Crippen LogP contribution in [0.25, 0.3) is 0 Å². The number of halogens is 2. The van der Waals surface area contributed by atoms with E-state index in [1.165, 1.54) is 18.1 Å². The van der Waals surface area contributed by atoms with Crippen molar-refractivity contribution in [3.05, 3.63) is 26.6 Å². The quantitative estimate of drug-likeness (QED) is 0.773. The van der Waals surface area contributed by atoms with Gasteiger partial charge < -0.3 is 4.90 Å². The Bertz CT molecular complexity index is 731. The molecule has 2 heterocycles. The summed E-state index contributed by atoms with van der Waals surface area (Å²) in [5.41, 5.74) is -0.662. The van der Waals surface area contributed by atoms with E-state index in [1.807, 2.05) is 0 Å². The molecule has 0 aliphatic carbocycles. The highest BCUT2D eigenvalue weighted by molar-refractivity contribution is 7.91. The van der Waals surface area contributed by atoms with Crippen LogP contribution in [0.2, 0.25) is 10.0 Å². The summed E-state index contributed by atoms with van der Waals surface area (Å²) < 4.78 is 23.7. The fraction of sp³-hybridized carbons (Fsp3) is 0.545. The van der Waals surface area contributed by atoms with Crippen molar-refractivity contribution in [3.63, 3.8) is 0 Å². The number of nitrogens with zero attached hydrogens (tertiary/aromatic N) is 3. The molecular formula is C11H13Cl2N3O4S. The number of amides is 1. The minimum atomic E-state index is -3.08. The summed E-state index contributed by atoms with van der Waals surface area (Å²) in [5.74, 6) is -0.399. The Hall–Kier alpha value is -1.12. The molecule has 0 unspecified atom stereocenters. The lowest BCUT2D eigenvalue weighted by Gasteiger charge is -2.23. The lowest BCUT2D eigenvalue weighted by Crippen LogP contribution is -2.41. The number of likely N-dealkylation sites (N-methyl/N-ethyl adjacent to an activating group) is 1. The van der Waals surface area contributed by atoms with E-state index in [9.17, 15) is 18.0 Å². The molecule has 0 bridgehead atoms. The monoisotopic (exact) mass is 353 g/mol. The zero-order chi connectivity index (χ0) is 15.8. The fourth-order valence-corrected chi connectivity index (χ4v) is 4.13. The van der Waals surface area contributed by atoms with Gasteiger partial charge in [-0.05, 0) is 6.42 Å². The summed E-state index contributed by atoms with van der Waals surface area (Å²) in [5, 5.41) is 3.55. The van der Waals surface area contributed by atoms with Crippen molar-refractivity contribution >= 4 is 38.9 Å². The molecule has 0 spiro atoms. The Morgan fingerprint density at radius 1 is 1.52 bits per heavy atom. The molecule has 1 aliphatic rings. The molecule has 1 aliphatic heterocycles. The van der Waals surface area contributed by atoms with Gasteiger partial charge >= 0.3 is 0 Å². The molecule has 0 radical (unpaired) electrons. The zero-order valence-corrected chi connectivity index (χ0v) is 13.5. The molecule has 7 nitrogen and oxygen atoms in total. The molecular weight excluding hydrogens is 341 g/mol. The maximum atomic E-state index is 12.1. The number of carbonyl (C=O) groups is 1. The van der Waals surface area contributed by atoms with Crippen LogP contribution in [0.3, 0.4) is 0 Å². The zero-order valence-electron chi connectivity index (χ0n) is 11.1. The second kappa shape index (κ2) is 5.94.